The largest absolute Gasteiger partial charge is 0.372 e. The molecule has 0 aromatic heterocycles. The summed E-state index contributed by atoms with van der Waals surface area (Å²) in [6.45, 7) is 10.1. The van der Waals surface area contributed by atoms with E-state index in [2.05, 4.69) is 67.0 Å². The Balaban J connectivity index is 1.55. The summed E-state index contributed by atoms with van der Waals surface area (Å²) in [6, 6.07) is 16.9. The lowest BCUT2D eigenvalue weighted by atomic mass is 9.87. The summed E-state index contributed by atoms with van der Waals surface area (Å²) in [7, 11) is 2.01. The topological polar surface area (TPSA) is 23.6 Å². The molecule has 28 heavy (non-hydrogen) atoms. The molecule has 2 aromatic rings. The highest BCUT2D eigenvalue weighted by Crippen LogP contribution is 2.23. The third-order valence-corrected chi connectivity index (χ3v) is 5.60. The molecule has 3 heteroatoms. The number of ketones is 1. The van der Waals surface area contributed by atoms with Crippen LogP contribution in [0.2, 0.25) is 0 Å². The Labute approximate surface area is 170 Å². The monoisotopic (exact) mass is 378 g/mol. The van der Waals surface area contributed by atoms with Gasteiger partial charge in [-0.15, -0.1) is 0 Å². The standard InChI is InChI=1S/C25H34N2O/c1-25(2,3)22-12-8-20(9-13-22)18-26(4)19-24(28)21-10-14-23(15-11-21)27-16-6-5-7-17-27/h8-15H,5-7,16-19H2,1-4H3. The molecule has 0 unspecified atom stereocenters. The third kappa shape index (κ3) is 5.45. The smallest absolute Gasteiger partial charge is 0.176 e. The number of Topliss-reactive ketones (excluding diaryl/α,β-unsaturated/α-hetero) is 1. The summed E-state index contributed by atoms with van der Waals surface area (Å²) in [5.41, 5.74) is 4.78. The first kappa shape index (κ1) is 20.6. The number of piperidine rings is 1. The van der Waals surface area contributed by atoms with Crippen LogP contribution in [0, 0.1) is 0 Å². The molecule has 1 aliphatic heterocycles. The minimum Gasteiger partial charge on any atom is -0.372 e. The second kappa shape index (κ2) is 8.91. The van der Waals surface area contributed by atoms with Crippen LogP contribution >= 0.6 is 0 Å². The number of likely N-dealkylation sites (N-methyl/N-ethyl adjacent to an activating group) is 1. The van der Waals surface area contributed by atoms with Gasteiger partial charge in [0.05, 0.1) is 6.54 Å². The molecule has 3 rings (SSSR count). The Bertz CT molecular complexity index is 766. The second-order valence-corrected chi connectivity index (χ2v) is 9.14. The van der Waals surface area contributed by atoms with Crippen LogP contribution in [0.3, 0.4) is 0 Å². The van der Waals surface area contributed by atoms with Crippen LogP contribution < -0.4 is 4.90 Å². The van der Waals surface area contributed by atoms with Crippen molar-refractivity contribution >= 4 is 11.5 Å². The van der Waals surface area contributed by atoms with Gasteiger partial charge in [0.1, 0.15) is 0 Å². The average molecular weight is 379 g/mol. The van der Waals surface area contributed by atoms with Crippen LogP contribution in [0.15, 0.2) is 48.5 Å². The first-order valence-electron chi connectivity index (χ1n) is 10.5. The fourth-order valence-corrected chi connectivity index (χ4v) is 3.82. The van der Waals surface area contributed by atoms with Gasteiger partial charge in [0.15, 0.2) is 5.78 Å². The molecule has 1 aliphatic rings. The number of anilines is 1. The lowest BCUT2D eigenvalue weighted by Gasteiger charge is -2.28. The highest BCUT2D eigenvalue weighted by atomic mass is 16.1. The van der Waals surface area contributed by atoms with E-state index in [-0.39, 0.29) is 11.2 Å². The molecule has 1 fully saturated rings. The molecule has 0 spiro atoms. The zero-order chi connectivity index (χ0) is 20.1. The van der Waals surface area contributed by atoms with Gasteiger partial charge in [-0.1, -0.05) is 45.0 Å². The third-order valence-electron chi connectivity index (χ3n) is 5.60. The highest BCUT2D eigenvalue weighted by Gasteiger charge is 2.15. The van der Waals surface area contributed by atoms with Crippen LogP contribution in [0.25, 0.3) is 0 Å². The number of carbonyl (C=O) groups excluding carboxylic acids is 1. The van der Waals surface area contributed by atoms with E-state index < -0.39 is 0 Å². The predicted octanol–water partition coefficient (Wildman–Crippen LogP) is 5.29. The van der Waals surface area contributed by atoms with Crippen molar-refractivity contribution in [3.8, 4) is 0 Å². The lowest BCUT2D eigenvalue weighted by Crippen LogP contribution is -2.29. The zero-order valence-electron chi connectivity index (χ0n) is 17.9. The number of nitrogens with zero attached hydrogens (tertiary/aromatic N) is 2. The van der Waals surface area contributed by atoms with E-state index in [1.165, 1.54) is 36.1 Å². The summed E-state index contributed by atoms with van der Waals surface area (Å²) in [4.78, 5) is 17.2. The maximum absolute atomic E-state index is 12.7. The van der Waals surface area contributed by atoms with Crippen molar-refractivity contribution < 1.29 is 4.79 Å². The van der Waals surface area contributed by atoms with E-state index in [1.807, 2.05) is 19.2 Å². The highest BCUT2D eigenvalue weighted by molar-refractivity contribution is 5.97. The number of benzene rings is 2. The van der Waals surface area contributed by atoms with Gasteiger partial charge in [-0.25, -0.2) is 0 Å². The molecule has 0 N–H and O–H groups in total. The molecule has 0 saturated carbocycles. The van der Waals surface area contributed by atoms with Crippen LogP contribution in [-0.2, 0) is 12.0 Å². The molecule has 0 aliphatic carbocycles. The van der Waals surface area contributed by atoms with Crippen molar-refractivity contribution in [2.75, 3.05) is 31.6 Å². The van der Waals surface area contributed by atoms with Gasteiger partial charge < -0.3 is 4.90 Å². The van der Waals surface area contributed by atoms with Gasteiger partial charge in [-0.05, 0) is 67.1 Å². The molecule has 1 saturated heterocycles. The Kier molecular flexibility index (Phi) is 6.56. The van der Waals surface area contributed by atoms with E-state index in [4.69, 9.17) is 0 Å². The maximum atomic E-state index is 12.7. The Hall–Kier alpha value is -2.13. The summed E-state index contributed by atoms with van der Waals surface area (Å²) in [5.74, 6) is 0.180. The van der Waals surface area contributed by atoms with Crippen LogP contribution in [0.5, 0.6) is 0 Å². The quantitative estimate of drug-likeness (QED) is 0.638. The molecular formula is C25H34N2O. The van der Waals surface area contributed by atoms with Gasteiger partial charge in [-0.3, -0.25) is 9.69 Å². The van der Waals surface area contributed by atoms with Crippen molar-refractivity contribution in [3.05, 3.63) is 65.2 Å². The number of rotatable bonds is 6. The summed E-state index contributed by atoms with van der Waals surface area (Å²) >= 11 is 0. The van der Waals surface area contributed by atoms with Gasteiger partial charge in [-0.2, -0.15) is 0 Å². The fraction of sp³-hybridized carbons (Fsp3) is 0.480. The maximum Gasteiger partial charge on any atom is 0.176 e. The predicted molar refractivity (Wildman–Crippen MR) is 118 cm³/mol. The van der Waals surface area contributed by atoms with E-state index >= 15 is 0 Å². The van der Waals surface area contributed by atoms with Crippen molar-refractivity contribution in [3.63, 3.8) is 0 Å². The van der Waals surface area contributed by atoms with Gasteiger partial charge >= 0.3 is 0 Å². The molecular weight excluding hydrogens is 344 g/mol. The van der Waals surface area contributed by atoms with Crippen molar-refractivity contribution in [2.24, 2.45) is 0 Å². The molecule has 3 nitrogen and oxygen atoms in total. The van der Waals surface area contributed by atoms with E-state index in [1.54, 1.807) is 0 Å². The Morgan fingerprint density at radius 3 is 2.11 bits per heavy atom. The average Bonchev–Trinajstić information content (AvgIpc) is 2.68. The minimum atomic E-state index is 0.167. The van der Waals surface area contributed by atoms with Crippen molar-refractivity contribution in [1.29, 1.82) is 0 Å². The molecule has 0 amide bonds. The van der Waals surface area contributed by atoms with Crippen LogP contribution in [0.1, 0.15) is 61.5 Å². The Morgan fingerprint density at radius 2 is 1.54 bits per heavy atom. The first-order chi connectivity index (χ1) is 13.3. The SMILES string of the molecule is CN(CC(=O)c1ccc(N2CCCCC2)cc1)Cc1ccc(C(C)(C)C)cc1. The van der Waals surface area contributed by atoms with Gasteiger partial charge in [0, 0.05) is 30.9 Å². The Morgan fingerprint density at radius 1 is 0.929 bits per heavy atom. The van der Waals surface area contributed by atoms with Crippen molar-refractivity contribution in [1.82, 2.24) is 4.90 Å². The molecule has 0 atom stereocenters. The fourth-order valence-electron chi connectivity index (χ4n) is 3.82. The molecule has 2 aromatic carbocycles. The minimum absolute atomic E-state index is 0.167. The zero-order valence-corrected chi connectivity index (χ0v) is 17.9. The van der Waals surface area contributed by atoms with Gasteiger partial charge in [0.2, 0.25) is 0 Å². The number of carbonyl (C=O) groups is 1. The number of hydrogen-bond donors (Lipinski definition) is 0. The summed E-state index contributed by atoms with van der Waals surface area (Å²) in [6.07, 6.45) is 3.86. The number of hydrogen-bond acceptors (Lipinski definition) is 3. The molecule has 0 radical (unpaired) electrons. The van der Waals surface area contributed by atoms with Crippen LogP contribution in [-0.4, -0.2) is 37.4 Å². The van der Waals surface area contributed by atoms with Crippen LogP contribution in [0.4, 0.5) is 5.69 Å². The van der Waals surface area contributed by atoms with E-state index in [0.29, 0.717) is 6.54 Å². The first-order valence-corrected chi connectivity index (χ1v) is 10.5. The van der Waals surface area contributed by atoms with Crippen molar-refractivity contribution in [2.45, 2.75) is 52.0 Å². The normalized spacial score (nSPS) is 15.1. The van der Waals surface area contributed by atoms with E-state index in [9.17, 15) is 4.79 Å². The second-order valence-electron chi connectivity index (χ2n) is 9.14. The summed E-state index contributed by atoms with van der Waals surface area (Å²) in [5, 5.41) is 0. The molecule has 1 heterocycles. The molecule has 0 bridgehead atoms. The van der Waals surface area contributed by atoms with E-state index in [0.717, 1.165) is 25.2 Å². The van der Waals surface area contributed by atoms with Gasteiger partial charge in [0.25, 0.3) is 0 Å². The lowest BCUT2D eigenvalue weighted by molar-refractivity contribution is 0.0943. The molecule has 150 valence electrons. The summed E-state index contributed by atoms with van der Waals surface area (Å²) < 4.78 is 0.